The lowest BCUT2D eigenvalue weighted by molar-refractivity contribution is -0.110. The number of carbonyl (C=O) groups is 1. The summed E-state index contributed by atoms with van der Waals surface area (Å²) in [4.78, 5) is 14.0. The number of aryl methyl sites for hydroxylation is 1. The number of nitrogens with one attached hydrogen (secondary N) is 2. The zero-order valence-corrected chi connectivity index (χ0v) is 15.1. The van der Waals surface area contributed by atoms with Crippen molar-refractivity contribution >= 4 is 28.5 Å². The van der Waals surface area contributed by atoms with Gasteiger partial charge >= 0.3 is 0 Å². The quantitative estimate of drug-likeness (QED) is 0.777. The maximum Gasteiger partial charge on any atom is 0.257 e. The molecule has 0 unspecified atom stereocenters. The van der Waals surface area contributed by atoms with E-state index in [1.54, 1.807) is 30.3 Å². The summed E-state index contributed by atoms with van der Waals surface area (Å²) in [6, 6.07) is 10.6. The first-order valence-corrected chi connectivity index (χ1v) is 8.39. The molecule has 1 amide bonds. The molecule has 1 aliphatic rings. The minimum Gasteiger partial charge on any atom is -0.383 e. The number of rotatable bonds is 6. The van der Waals surface area contributed by atoms with Gasteiger partial charge in [0.15, 0.2) is 0 Å². The number of hydrogen-bond acceptors (Lipinski definition) is 4. The topological polar surface area (TPSA) is 53.6 Å². The van der Waals surface area contributed by atoms with Crippen molar-refractivity contribution in [2.45, 2.75) is 6.92 Å². The minimum atomic E-state index is -0.334. The van der Waals surface area contributed by atoms with Crippen molar-refractivity contribution in [1.82, 2.24) is 0 Å². The Labute approximate surface area is 152 Å². The fourth-order valence-corrected chi connectivity index (χ4v) is 2.98. The molecule has 1 heterocycles. The molecule has 3 rings (SSSR count). The van der Waals surface area contributed by atoms with Gasteiger partial charge in [-0.1, -0.05) is 12.1 Å². The number of halogens is 1. The van der Waals surface area contributed by atoms with Gasteiger partial charge in [0.05, 0.1) is 17.9 Å². The van der Waals surface area contributed by atoms with E-state index in [2.05, 4.69) is 10.6 Å². The molecule has 0 aliphatic carbocycles. The van der Waals surface area contributed by atoms with Gasteiger partial charge in [0, 0.05) is 43.8 Å². The molecule has 0 fully saturated rings. The molecule has 136 valence electrons. The smallest absolute Gasteiger partial charge is 0.257 e. The molecule has 0 spiro atoms. The molecule has 6 heteroatoms. The number of fused-ring (bicyclic) bond motifs is 1. The lowest BCUT2D eigenvalue weighted by Crippen LogP contribution is -2.23. The van der Waals surface area contributed by atoms with Crippen LogP contribution in [0.25, 0.3) is 5.57 Å². The lowest BCUT2D eigenvalue weighted by Gasteiger charge is -2.19. The standard InChI is InChI=1S/C20H22FN3O2/c1-13-5-4-6-17-19(13)15(20(25)23-17)12-22-14-7-8-18(16(21)11-14)24(2)9-10-26-3/h4-8,11-12,22H,9-10H2,1-3H3,(H,23,25). The van der Waals surface area contributed by atoms with E-state index in [1.807, 2.05) is 32.2 Å². The molecule has 2 N–H and O–H groups in total. The van der Waals surface area contributed by atoms with E-state index in [0.29, 0.717) is 30.1 Å². The van der Waals surface area contributed by atoms with Gasteiger partial charge in [-0.2, -0.15) is 0 Å². The molecule has 0 atom stereocenters. The number of likely N-dealkylation sites (N-methyl/N-ethyl adjacent to an activating group) is 1. The predicted molar refractivity (Wildman–Crippen MR) is 103 cm³/mol. The van der Waals surface area contributed by atoms with Gasteiger partial charge in [-0.25, -0.2) is 4.39 Å². The third-order valence-electron chi connectivity index (χ3n) is 4.41. The Hall–Kier alpha value is -2.86. The summed E-state index contributed by atoms with van der Waals surface area (Å²) in [7, 11) is 3.43. The number of ether oxygens (including phenoxy) is 1. The van der Waals surface area contributed by atoms with Crippen molar-refractivity contribution in [3.05, 3.63) is 59.5 Å². The van der Waals surface area contributed by atoms with Crippen LogP contribution in [0.4, 0.5) is 21.5 Å². The average Bonchev–Trinajstić information content (AvgIpc) is 2.94. The van der Waals surface area contributed by atoms with Gasteiger partial charge in [0.1, 0.15) is 5.82 Å². The Bertz CT molecular complexity index is 864. The first kappa shape index (κ1) is 17.9. The number of nitrogens with zero attached hydrogens (tertiary/aromatic N) is 1. The molecular formula is C20H22FN3O2. The molecular weight excluding hydrogens is 333 g/mol. The van der Waals surface area contributed by atoms with Gasteiger partial charge in [-0.3, -0.25) is 4.79 Å². The van der Waals surface area contributed by atoms with Crippen LogP contribution in [0.5, 0.6) is 0 Å². The van der Waals surface area contributed by atoms with Crippen LogP contribution in [0.2, 0.25) is 0 Å². The Balaban J connectivity index is 1.80. The van der Waals surface area contributed by atoms with Gasteiger partial charge in [-0.05, 0) is 36.8 Å². The zero-order valence-electron chi connectivity index (χ0n) is 15.1. The third kappa shape index (κ3) is 3.55. The van der Waals surface area contributed by atoms with Crippen LogP contribution in [0, 0.1) is 12.7 Å². The lowest BCUT2D eigenvalue weighted by atomic mass is 10.0. The second-order valence-corrected chi connectivity index (χ2v) is 6.23. The zero-order chi connectivity index (χ0) is 18.7. The monoisotopic (exact) mass is 355 g/mol. The summed E-state index contributed by atoms with van der Waals surface area (Å²) in [5.41, 5.74) is 4.30. The second kappa shape index (κ2) is 7.58. The van der Waals surface area contributed by atoms with Crippen molar-refractivity contribution in [3.8, 4) is 0 Å². The molecule has 26 heavy (non-hydrogen) atoms. The highest BCUT2D eigenvalue weighted by molar-refractivity contribution is 6.32. The van der Waals surface area contributed by atoms with Gasteiger partial charge in [0.2, 0.25) is 0 Å². The predicted octanol–water partition coefficient (Wildman–Crippen LogP) is 3.62. The van der Waals surface area contributed by atoms with Crippen molar-refractivity contribution in [1.29, 1.82) is 0 Å². The van der Waals surface area contributed by atoms with Gasteiger partial charge in [0.25, 0.3) is 5.91 Å². The molecule has 0 saturated heterocycles. The van der Waals surface area contributed by atoms with Gasteiger partial charge < -0.3 is 20.3 Å². The highest BCUT2D eigenvalue weighted by atomic mass is 19.1. The summed E-state index contributed by atoms with van der Waals surface area (Å²) in [6.45, 7) is 3.08. The summed E-state index contributed by atoms with van der Waals surface area (Å²) in [6.07, 6.45) is 1.62. The Kier molecular flexibility index (Phi) is 5.23. The highest BCUT2D eigenvalue weighted by Crippen LogP contribution is 2.34. The number of carbonyl (C=O) groups excluding carboxylic acids is 1. The number of benzene rings is 2. The number of methoxy groups -OCH3 is 1. The Morgan fingerprint density at radius 3 is 2.85 bits per heavy atom. The van der Waals surface area contributed by atoms with Crippen LogP contribution < -0.4 is 15.5 Å². The van der Waals surface area contributed by atoms with E-state index in [4.69, 9.17) is 4.74 Å². The third-order valence-corrected chi connectivity index (χ3v) is 4.41. The molecule has 0 bridgehead atoms. The van der Waals surface area contributed by atoms with E-state index >= 15 is 0 Å². The molecule has 2 aromatic rings. The molecule has 0 saturated carbocycles. The Morgan fingerprint density at radius 1 is 1.31 bits per heavy atom. The summed E-state index contributed by atoms with van der Waals surface area (Å²) < 4.78 is 19.4. The maximum atomic E-state index is 14.4. The van der Waals surface area contributed by atoms with Crippen molar-refractivity contribution in [2.24, 2.45) is 0 Å². The number of amides is 1. The van der Waals surface area contributed by atoms with Crippen LogP contribution in [-0.4, -0.2) is 33.2 Å². The van der Waals surface area contributed by atoms with Crippen LogP contribution >= 0.6 is 0 Å². The van der Waals surface area contributed by atoms with Crippen molar-refractivity contribution < 1.29 is 13.9 Å². The fraction of sp³-hybridized carbons (Fsp3) is 0.250. The van der Waals surface area contributed by atoms with Crippen LogP contribution in [0.3, 0.4) is 0 Å². The van der Waals surface area contributed by atoms with Crippen LogP contribution in [0.1, 0.15) is 11.1 Å². The van der Waals surface area contributed by atoms with E-state index in [0.717, 1.165) is 16.8 Å². The first-order chi connectivity index (χ1) is 12.5. The SMILES string of the molecule is COCCN(C)c1ccc(NC=C2C(=O)Nc3cccc(C)c32)cc1F. The second-order valence-electron chi connectivity index (χ2n) is 6.23. The Morgan fingerprint density at radius 2 is 2.12 bits per heavy atom. The number of hydrogen-bond donors (Lipinski definition) is 2. The molecule has 1 aliphatic heterocycles. The molecule has 5 nitrogen and oxygen atoms in total. The summed E-state index contributed by atoms with van der Waals surface area (Å²) in [5.74, 6) is -0.502. The largest absolute Gasteiger partial charge is 0.383 e. The molecule has 2 aromatic carbocycles. The molecule has 0 aromatic heterocycles. The van der Waals surface area contributed by atoms with Crippen molar-refractivity contribution in [3.63, 3.8) is 0 Å². The molecule has 0 radical (unpaired) electrons. The van der Waals surface area contributed by atoms with E-state index in [9.17, 15) is 9.18 Å². The van der Waals surface area contributed by atoms with Crippen LogP contribution in [0.15, 0.2) is 42.6 Å². The van der Waals surface area contributed by atoms with Crippen molar-refractivity contribution in [2.75, 3.05) is 42.8 Å². The van der Waals surface area contributed by atoms with Gasteiger partial charge in [-0.15, -0.1) is 0 Å². The summed E-state index contributed by atoms with van der Waals surface area (Å²) in [5, 5.41) is 5.87. The normalized spacial score (nSPS) is 14.3. The average molecular weight is 355 g/mol. The van der Waals surface area contributed by atoms with Crippen LogP contribution in [-0.2, 0) is 9.53 Å². The summed E-state index contributed by atoms with van der Waals surface area (Å²) >= 11 is 0. The minimum absolute atomic E-state index is 0.168. The fourth-order valence-electron chi connectivity index (χ4n) is 2.98. The van der Waals surface area contributed by atoms with E-state index in [1.165, 1.54) is 6.07 Å². The number of anilines is 3. The van der Waals surface area contributed by atoms with E-state index < -0.39 is 0 Å². The highest BCUT2D eigenvalue weighted by Gasteiger charge is 2.25. The first-order valence-electron chi connectivity index (χ1n) is 8.39. The van der Waals surface area contributed by atoms with E-state index in [-0.39, 0.29) is 11.7 Å². The maximum absolute atomic E-state index is 14.4.